The van der Waals surface area contributed by atoms with Crippen molar-refractivity contribution in [2.75, 3.05) is 14.2 Å². The second-order valence-corrected chi connectivity index (χ2v) is 3.78. The highest BCUT2D eigenvalue weighted by Crippen LogP contribution is 2.07. The summed E-state index contributed by atoms with van der Waals surface area (Å²) in [5.41, 5.74) is 0. The molecule has 5 nitrogen and oxygen atoms in total. The highest BCUT2D eigenvalue weighted by molar-refractivity contribution is 5.95. The quantitative estimate of drug-likeness (QED) is 0.350. The van der Waals surface area contributed by atoms with Crippen LogP contribution >= 0.6 is 0 Å². The second kappa shape index (κ2) is 9.81. The molecule has 0 rings (SSSR count). The summed E-state index contributed by atoms with van der Waals surface area (Å²) in [6.45, 7) is 0. The predicted octanol–water partition coefficient (Wildman–Crippen LogP) is 1.63. The van der Waals surface area contributed by atoms with Crippen LogP contribution in [-0.4, -0.2) is 31.9 Å². The van der Waals surface area contributed by atoms with E-state index in [0.29, 0.717) is 12.8 Å². The Kier molecular flexibility index (Phi) is 9.01. The Morgan fingerprint density at radius 2 is 1.29 bits per heavy atom. The molecule has 0 atom stereocenters. The molecule has 0 amide bonds. The number of hydrogen-bond acceptors (Lipinski definition) is 5. The third-order valence-corrected chi connectivity index (χ3v) is 2.38. The van der Waals surface area contributed by atoms with Crippen molar-refractivity contribution < 1.29 is 23.9 Å². The maximum Gasteiger partial charge on any atom is 0.313 e. The third-order valence-electron chi connectivity index (χ3n) is 2.38. The normalized spacial score (nSPS) is 9.76. The lowest BCUT2D eigenvalue weighted by atomic mass is 10.1. The number of ether oxygens (including phenoxy) is 2. The van der Waals surface area contributed by atoms with Crippen LogP contribution in [0.5, 0.6) is 0 Å². The van der Waals surface area contributed by atoms with Crippen molar-refractivity contribution in [1.29, 1.82) is 0 Å². The Balaban J connectivity index is 3.36. The van der Waals surface area contributed by atoms with Gasteiger partial charge < -0.3 is 9.47 Å². The molecule has 0 aromatic heterocycles. The molecule has 0 heterocycles. The number of ketones is 1. The van der Waals surface area contributed by atoms with E-state index in [1.807, 2.05) is 0 Å². The summed E-state index contributed by atoms with van der Waals surface area (Å²) in [5.74, 6) is -0.780. The van der Waals surface area contributed by atoms with Gasteiger partial charge in [-0.2, -0.15) is 0 Å². The summed E-state index contributed by atoms with van der Waals surface area (Å²) in [4.78, 5) is 32.8. The number of unbranched alkanes of at least 4 members (excludes halogenated alkanes) is 3. The monoisotopic (exact) mass is 244 g/mol. The Bertz CT molecular complexity index is 260. The molecule has 17 heavy (non-hydrogen) atoms. The summed E-state index contributed by atoms with van der Waals surface area (Å²) in [7, 11) is 2.64. The average molecular weight is 244 g/mol. The van der Waals surface area contributed by atoms with Crippen LogP contribution in [0.25, 0.3) is 0 Å². The zero-order valence-electron chi connectivity index (χ0n) is 10.5. The van der Waals surface area contributed by atoms with Gasteiger partial charge in [0.25, 0.3) is 0 Å². The van der Waals surface area contributed by atoms with E-state index >= 15 is 0 Å². The molecule has 0 bridgehead atoms. The second-order valence-electron chi connectivity index (χ2n) is 3.78. The van der Waals surface area contributed by atoms with E-state index in [1.165, 1.54) is 14.2 Å². The molecule has 0 saturated carbocycles. The lowest BCUT2D eigenvalue weighted by Crippen LogP contribution is -2.08. The zero-order chi connectivity index (χ0) is 13.1. The maximum absolute atomic E-state index is 11.2. The predicted molar refractivity (Wildman–Crippen MR) is 61.4 cm³/mol. The van der Waals surface area contributed by atoms with Crippen LogP contribution < -0.4 is 0 Å². The van der Waals surface area contributed by atoms with E-state index in [9.17, 15) is 14.4 Å². The average Bonchev–Trinajstić information content (AvgIpc) is 2.32. The number of rotatable bonds is 9. The standard InChI is InChI=1S/C12H20O5/c1-16-11(14)8-6-4-3-5-7-10(13)9-12(15)17-2/h3-9H2,1-2H3. The first-order valence-corrected chi connectivity index (χ1v) is 5.75. The minimum absolute atomic E-state index is 0.0928. The van der Waals surface area contributed by atoms with Crippen LogP contribution in [0, 0.1) is 0 Å². The van der Waals surface area contributed by atoms with E-state index in [0.717, 1.165) is 25.7 Å². The van der Waals surface area contributed by atoms with E-state index in [1.54, 1.807) is 0 Å². The van der Waals surface area contributed by atoms with E-state index in [2.05, 4.69) is 9.47 Å². The van der Waals surface area contributed by atoms with Crippen molar-refractivity contribution in [2.45, 2.75) is 44.9 Å². The fourth-order valence-electron chi connectivity index (χ4n) is 1.37. The summed E-state index contributed by atoms with van der Waals surface area (Å²) < 4.78 is 8.90. The molecule has 0 radical (unpaired) electrons. The first kappa shape index (κ1) is 15.6. The molecule has 0 aliphatic rings. The maximum atomic E-state index is 11.2. The molecule has 5 heteroatoms. The SMILES string of the molecule is COC(=O)CCCCCCC(=O)CC(=O)OC. The van der Waals surface area contributed by atoms with Gasteiger partial charge in [0, 0.05) is 12.8 Å². The van der Waals surface area contributed by atoms with Crippen molar-refractivity contribution >= 4 is 17.7 Å². The smallest absolute Gasteiger partial charge is 0.313 e. The number of esters is 2. The van der Waals surface area contributed by atoms with Gasteiger partial charge in [0.05, 0.1) is 14.2 Å². The van der Waals surface area contributed by atoms with Crippen LogP contribution in [0.3, 0.4) is 0 Å². The first-order chi connectivity index (χ1) is 8.10. The van der Waals surface area contributed by atoms with Gasteiger partial charge in [-0.1, -0.05) is 12.8 Å². The number of hydrogen-bond donors (Lipinski definition) is 0. The number of Topliss-reactive ketones (excluding diaryl/α,β-unsaturated/α-hetero) is 1. The highest BCUT2D eigenvalue weighted by atomic mass is 16.5. The summed E-state index contributed by atoms with van der Waals surface area (Å²) in [6.07, 6.45) is 3.97. The molecule has 0 aromatic rings. The van der Waals surface area contributed by atoms with E-state index in [4.69, 9.17) is 0 Å². The van der Waals surface area contributed by atoms with Crippen LogP contribution in [-0.2, 0) is 23.9 Å². The summed E-state index contributed by atoms with van der Waals surface area (Å²) in [6, 6.07) is 0. The molecular weight excluding hydrogens is 224 g/mol. The molecule has 0 aliphatic heterocycles. The van der Waals surface area contributed by atoms with Gasteiger partial charge in [0.1, 0.15) is 12.2 Å². The van der Waals surface area contributed by atoms with Gasteiger partial charge in [-0.05, 0) is 12.8 Å². The minimum atomic E-state index is -0.485. The van der Waals surface area contributed by atoms with Gasteiger partial charge >= 0.3 is 11.9 Å². The molecule has 0 aliphatic carbocycles. The molecule has 0 unspecified atom stereocenters. The fourth-order valence-corrected chi connectivity index (χ4v) is 1.37. The van der Waals surface area contributed by atoms with Crippen molar-refractivity contribution in [1.82, 2.24) is 0 Å². The van der Waals surface area contributed by atoms with Gasteiger partial charge in [0.2, 0.25) is 0 Å². The highest BCUT2D eigenvalue weighted by Gasteiger charge is 2.08. The molecule has 0 N–H and O–H groups in total. The van der Waals surface area contributed by atoms with Crippen LogP contribution in [0.1, 0.15) is 44.9 Å². The van der Waals surface area contributed by atoms with Gasteiger partial charge in [-0.3, -0.25) is 14.4 Å². The Labute approximate surface area is 101 Å². The van der Waals surface area contributed by atoms with Crippen molar-refractivity contribution in [2.24, 2.45) is 0 Å². The molecule has 0 spiro atoms. The van der Waals surface area contributed by atoms with Crippen LogP contribution in [0.2, 0.25) is 0 Å². The largest absolute Gasteiger partial charge is 0.469 e. The van der Waals surface area contributed by atoms with Crippen molar-refractivity contribution in [3.8, 4) is 0 Å². The van der Waals surface area contributed by atoms with Gasteiger partial charge in [0.15, 0.2) is 0 Å². The van der Waals surface area contributed by atoms with Gasteiger partial charge in [-0.15, -0.1) is 0 Å². The molecule has 98 valence electrons. The Morgan fingerprint density at radius 3 is 1.82 bits per heavy atom. The zero-order valence-corrected chi connectivity index (χ0v) is 10.5. The number of carbonyl (C=O) groups is 3. The molecule has 0 saturated heterocycles. The van der Waals surface area contributed by atoms with Crippen LogP contribution in [0.15, 0.2) is 0 Å². The minimum Gasteiger partial charge on any atom is -0.469 e. The van der Waals surface area contributed by atoms with Crippen molar-refractivity contribution in [3.05, 3.63) is 0 Å². The van der Waals surface area contributed by atoms with Gasteiger partial charge in [-0.25, -0.2) is 0 Å². The number of methoxy groups -OCH3 is 2. The van der Waals surface area contributed by atoms with E-state index in [-0.39, 0.29) is 18.2 Å². The van der Waals surface area contributed by atoms with Crippen molar-refractivity contribution in [3.63, 3.8) is 0 Å². The fraction of sp³-hybridized carbons (Fsp3) is 0.750. The topological polar surface area (TPSA) is 69.7 Å². The molecule has 0 aromatic carbocycles. The Morgan fingerprint density at radius 1 is 0.765 bits per heavy atom. The Hall–Kier alpha value is -1.39. The molecular formula is C12H20O5. The summed E-state index contributed by atoms with van der Waals surface area (Å²) in [5, 5.41) is 0. The van der Waals surface area contributed by atoms with Crippen LogP contribution in [0.4, 0.5) is 0 Å². The number of carbonyl (C=O) groups excluding carboxylic acids is 3. The lowest BCUT2D eigenvalue weighted by Gasteiger charge is -2.01. The third kappa shape index (κ3) is 9.53. The van der Waals surface area contributed by atoms with E-state index < -0.39 is 5.97 Å². The summed E-state index contributed by atoms with van der Waals surface area (Å²) >= 11 is 0. The molecule has 0 fully saturated rings. The first-order valence-electron chi connectivity index (χ1n) is 5.75. The lowest BCUT2D eigenvalue weighted by molar-refractivity contribution is -0.143.